The van der Waals surface area contributed by atoms with Crippen LogP contribution in [0.2, 0.25) is 0 Å². The number of hydrogen-bond donors (Lipinski definition) is 2. The molecule has 1 aliphatic heterocycles. The summed E-state index contributed by atoms with van der Waals surface area (Å²) in [5.74, 6) is -0.460. The molecule has 2 N–H and O–H groups in total. The number of carbonyl (C=O) groups excluding carboxylic acids is 2. The van der Waals surface area contributed by atoms with Gasteiger partial charge >= 0.3 is 12.0 Å². The van der Waals surface area contributed by atoms with Gasteiger partial charge in [-0.25, -0.2) is 4.79 Å². The summed E-state index contributed by atoms with van der Waals surface area (Å²) in [4.78, 5) is 24.5. The van der Waals surface area contributed by atoms with Crippen LogP contribution in [0, 0.1) is 5.92 Å². The molecule has 0 bridgehead atoms. The van der Waals surface area contributed by atoms with E-state index in [0.29, 0.717) is 24.7 Å². The van der Waals surface area contributed by atoms with Crippen molar-refractivity contribution in [1.29, 1.82) is 0 Å². The van der Waals surface area contributed by atoms with Crippen LogP contribution < -0.4 is 15.4 Å². The maximum atomic E-state index is 12.6. The SMILES string of the molecule is C=C1NC(=O)N[C@H](c2ccccc2OCCC)[C@H]1C(=O)OCCCC. The molecule has 0 unspecified atom stereocenters. The van der Waals surface area contributed by atoms with E-state index in [2.05, 4.69) is 17.2 Å². The molecule has 1 heterocycles. The Kier molecular flexibility index (Phi) is 6.86. The molecule has 6 nitrogen and oxygen atoms in total. The molecular weight excluding hydrogens is 320 g/mol. The van der Waals surface area contributed by atoms with Crippen LogP contribution in [0.5, 0.6) is 5.75 Å². The minimum atomic E-state index is -0.707. The Morgan fingerprint density at radius 3 is 2.68 bits per heavy atom. The zero-order chi connectivity index (χ0) is 18.2. The highest BCUT2D eigenvalue weighted by Gasteiger charge is 2.40. The maximum Gasteiger partial charge on any atom is 0.319 e. The van der Waals surface area contributed by atoms with Crippen LogP contribution >= 0.6 is 0 Å². The highest BCUT2D eigenvalue weighted by Crippen LogP contribution is 2.35. The summed E-state index contributed by atoms with van der Waals surface area (Å²) in [6, 6.07) is 6.43. The molecule has 1 aliphatic rings. The van der Waals surface area contributed by atoms with Crippen LogP contribution in [0.1, 0.15) is 44.7 Å². The molecule has 1 saturated heterocycles. The highest BCUT2D eigenvalue weighted by atomic mass is 16.5. The van der Waals surface area contributed by atoms with Gasteiger partial charge in [-0.05, 0) is 18.9 Å². The zero-order valence-electron chi connectivity index (χ0n) is 14.8. The third-order valence-corrected chi connectivity index (χ3v) is 3.98. The number of unbranched alkanes of at least 4 members (excludes halogenated alkanes) is 1. The normalized spacial score (nSPS) is 19.8. The number of benzene rings is 1. The first-order valence-electron chi connectivity index (χ1n) is 8.73. The van der Waals surface area contributed by atoms with E-state index in [1.165, 1.54) is 0 Å². The maximum absolute atomic E-state index is 12.6. The van der Waals surface area contributed by atoms with Gasteiger partial charge in [0.2, 0.25) is 0 Å². The van der Waals surface area contributed by atoms with Gasteiger partial charge in [0.1, 0.15) is 11.7 Å². The first kappa shape index (κ1) is 18.8. The Morgan fingerprint density at radius 2 is 1.96 bits per heavy atom. The van der Waals surface area contributed by atoms with Crippen LogP contribution in [-0.4, -0.2) is 25.2 Å². The van der Waals surface area contributed by atoms with Gasteiger partial charge in [-0.2, -0.15) is 0 Å². The molecule has 0 spiro atoms. The van der Waals surface area contributed by atoms with Crippen molar-refractivity contribution >= 4 is 12.0 Å². The Bertz CT molecular complexity index is 630. The number of para-hydroxylation sites is 1. The second-order valence-electron chi connectivity index (χ2n) is 5.99. The summed E-state index contributed by atoms with van der Waals surface area (Å²) >= 11 is 0. The number of ether oxygens (including phenoxy) is 2. The minimum absolute atomic E-state index is 0.334. The summed E-state index contributed by atoms with van der Waals surface area (Å²) in [6.45, 7) is 8.81. The van der Waals surface area contributed by atoms with E-state index in [9.17, 15) is 9.59 Å². The molecule has 1 aromatic rings. The molecule has 0 radical (unpaired) electrons. The lowest BCUT2D eigenvalue weighted by atomic mass is 9.88. The lowest BCUT2D eigenvalue weighted by molar-refractivity contribution is -0.148. The van der Waals surface area contributed by atoms with Gasteiger partial charge in [0, 0.05) is 11.3 Å². The van der Waals surface area contributed by atoms with E-state index in [-0.39, 0.29) is 0 Å². The van der Waals surface area contributed by atoms with Gasteiger partial charge in [0.15, 0.2) is 0 Å². The molecule has 1 fully saturated rings. The monoisotopic (exact) mass is 346 g/mol. The number of rotatable bonds is 8. The standard InChI is InChI=1S/C19H26N2O4/c1-4-6-12-25-18(22)16-13(3)20-19(23)21-17(16)14-9-7-8-10-15(14)24-11-5-2/h7-10,16-17H,3-6,11-12H2,1-2H3,(H2,20,21,23)/t16-,17+/m0/s1. The number of hydrogen-bond acceptors (Lipinski definition) is 4. The lowest BCUT2D eigenvalue weighted by Crippen LogP contribution is -2.51. The number of esters is 1. The fraction of sp³-hybridized carbons (Fsp3) is 0.474. The van der Waals surface area contributed by atoms with Crippen molar-refractivity contribution in [1.82, 2.24) is 10.6 Å². The molecule has 0 aromatic heterocycles. The van der Waals surface area contributed by atoms with E-state index in [4.69, 9.17) is 9.47 Å². The molecule has 2 rings (SSSR count). The first-order valence-corrected chi connectivity index (χ1v) is 8.73. The van der Waals surface area contributed by atoms with Crippen LogP contribution in [0.3, 0.4) is 0 Å². The Balaban J connectivity index is 2.29. The average molecular weight is 346 g/mol. The van der Waals surface area contributed by atoms with E-state index in [0.717, 1.165) is 24.8 Å². The molecule has 6 heteroatoms. The molecule has 2 amide bonds. The Labute approximate surface area is 148 Å². The van der Waals surface area contributed by atoms with Crippen molar-refractivity contribution in [3.63, 3.8) is 0 Å². The highest BCUT2D eigenvalue weighted by molar-refractivity contribution is 5.85. The minimum Gasteiger partial charge on any atom is -0.493 e. The third kappa shape index (κ3) is 4.75. The molecular formula is C19H26N2O4. The summed E-state index contributed by atoms with van der Waals surface area (Å²) < 4.78 is 11.2. The van der Waals surface area contributed by atoms with Gasteiger partial charge in [-0.3, -0.25) is 4.79 Å². The second-order valence-corrected chi connectivity index (χ2v) is 5.99. The van der Waals surface area contributed by atoms with Crippen LogP contribution in [0.15, 0.2) is 36.5 Å². The first-order chi connectivity index (χ1) is 12.1. The van der Waals surface area contributed by atoms with Crippen LogP contribution in [0.25, 0.3) is 0 Å². The van der Waals surface area contributed by atoms with Gasteiger partial charge in [0.25, 0.3) is 0 Å². The predicted molar refractivity (Wildman–Crippen MR) is 95.1 cm³/mol. The smallest absolute Gasteiger partial charge is 0.319 e. The van der Waals surface area contributed by atoms with Crippen LogP contribution in [-0.2, 0) is 9.53 Å². The van der Waals surface area contributed by atoms with Crippen molar-refractivity contribution in [2.75, 3.05) is 13.2 Å². The fourth-order valence-electron chi connectivity index (χ4n) is 2.71. The molecule has 2 atom stereocenters. The summed E-state index contributed by atoms with van der Waals surface area (Å²) in [5, 5.41) is 5.39. The topological polar surface area (TPSA) is 76.7 Å². The van der Waals surface area contributed by atoms with Gasteiger partial charge in [-0.15, -0.1) is 0 Å². The summed E-state index contributed by atoms with van der Waals surface area (Å²) in [6.07, 6.45) is 2.60. The summed E-state index contributed by atoms with van der Waals surface area (Å²) in [5.41, 5.74) is 1.07. The van der Waals surface area contributed by atoms with Gasteiger partial charge in [-0.1, -0.05) is 45.0 Å². The van der Waals surface area contributed by atoms with E-state index >= 15 is 0 Å². The summed E-state index contributed by atoms with van der Waals surface area (Å²) in [7, 11) is 0. The predicted octanol–water partition coefficient (Wildman–Crippen LogP) is 3.30. The Morgan fingerprint density at radius 1 is 1.20 bits per heavy atom. The van der Waals surface area contributed by atoms with E-state index in [1.54, 1.807) is 0 Å². The zero-order valence-corrected chi connectivity index (χ0v) is 14.8. The van der Waals surface area contributed by atoms with Crippen molar-refractivity contribution in [3.05, 3.63) is 42.1 Å². The number of carbonyl (C=O) groups is 2. The van der Waals surface area contributed by atoms with Crippen molar-refractivity contribution in [3.8, 4) is 5.75 Å². The molecule has 1 aromatic carbocycles. The third-order valence-electron chi connectivity index (χ3n) is 3.98. The fourth-order valence-corrected chi connectivity index (χ4v) is 2.71. The molecule has 0 saturated carbocycles. The number of urea groups is 1. The van der Waals surface area contributed by atoms with Crippen molar-refractivity contribution in [2.24, 2.45) is 5.92 Å². The Hall–Kier alpha value is -2.50. The average Bonchev–Trinajstić information content (AvgIpc) is 2.59. The van der Waals surface area contributed by atoms with Crippen molar-refractivity contribution in [2.45, 2.75) is 39.2 Å². The molecule has 25 heavy (non-hydrogen) atoms. The van der Waals surface area contributed by atoms with Gasteiger partial charge in [0.05, 0.1) is 19.3 Å². The molecule has 136 valence electrons. The van der Waals surface area contributed by atoms with E-state index < -0.39 is 24.0 Å². The van der Waals surface area contributed by atoms with Crippen molar-refractivity contribution < 1.29 is 19.1 Å². The quantitative estimate of drug-likeness (QED) is 0.559. The largest absolute Gasteiger partial charge is 0.493 e. The van der Waals surface area contributed by atoms with Gasteiger partial charge < -0.3 is 20.1 Å². The number of nitrogens with one attached hydrogen (secondary N) is 2. The lowest BCUT2D eigenvalue weighted by Gasteiger charge is -2.34. The van der Waals surface area contributed by atoms with E-state index in [1.807, 2.05) is 38.1 Å². The second kappa shape index (κ2) is 9.11. The molecule has 0 aliphatic carbocycles. The van der Waals surface area contributed by atoms with Crippen LogP contribution in [0.4, 0.5) is 4.79 Å². The number of amides is 2.